The molecule has 5 unspecified atom stereocenters. The second kappa shape index (κ2) is 16.4. The van der Waals surface area contributed by atoms with Gasteiger partial charge in [0, 0.05) is 33.2 Å². The number of aliphatic hydroxyl groups is 1. The molecule has 10 nitrogen and oxygen atoms in total. The SMILES string of the molecule is O=C1C(=Nc2cc3sc4c5c(sc4c3s2)-c2sc(N=C3C(=O)C4CC6CCCCC6CC4C3=O)cc2C5(C(=O)OCc2ccccc2)C(=O)OCc2ccccc2)C(O)c2cc3ccccc3cc21. The molecule has 0 radical (unpaired) electrons. The summed E-state index contributed by atoms with van der Waals surface area (Å²) in [5, 5.41) is 14.1. The lowest BCUT2D eigenvalue weighted by molar-refractivity contribution is -0.164. The summed E-state index contributed by atoms with van der Waals surface area (Å²) in [5.74, 6) is -2.20. The number of thiophene rings is 4. The molecule has 0 bridgehead atoms. The van der Waals surface area contributed by atoms with Crippen LogP contribution >= 0.6 is 45.3 Å². The molecule has 342 valence electrons. The van der Waals surface area contributed by atoms with Crippen molar-refractivity contribution in [3.63, 3.8) is 0 Å². The molecule has 5 atom stereocenters. The zero-order chi connectivity index (χ0) is 46.7. The Morgan fingerprint density at radius 1 is 0.638 bits per heavy atom. The topological polar surface area (TPSA) is 149 Å². The third-order valence-corrected chi connectivity index (χ3v) is 19.9. The summed E-state index contributed by atoms with van der Waals surface area (Å²) in [6, 6.07) is 33.4. The number of benzene rings is 4. The number of ether oxygens (including phenoxy) is 2. The van der Waals surface area contributed by atoms with Crippen LogP contribution in [0, 0.1) is 23.7 Å². The number of aliphatic imine (C=N–C) groups is 2. The van der Waals surface area contributed by atoms with Crippen molar-refractivity contribution in [2.24, 2.45) is 33.7 Å². The largest absolute Gasteiger partial charge is 0.459 e. The fourth-order valence-electron chi connectivity index (χ4n) is 11.6. The van der Waals surface area contributed by atoms with Gasteiger partial charge in [-0.25, -0.2) is 9.98 Å². The average Bonchev–Trinajstić information content (AvgIpc) is 4.24. The Balaban J connectivity index is 0.939. The van der Waals surface area contributed by atoms with Crippen molar-refractivity contribution in [1.29, 1.82) is 0 Å². The standard InChI is InChI=1S/C55H40N2O8S4/c58-44-33-19-29-15-7-8-16-30(29)20-34(33)45(59)42(44)56-39-23-37-48(67-39)50-41(55(37,53(62)64-25-27-11-3-1-4-12-27)54(63)65-26-28-13-5-2-6-14-28)51-52(69-50)49-38(66-51)24-40(68-49)57-43-46(60)35-21-31-17-9-10-18-32(31)22-36(35)47(43)61/h1-6,9-14,17-18,21-24,29-30,33-34,46,60H,7-8,15-16,19-20,25-26H2. The molecule has 0 saturated heterocycles. The van der Waals surface area contributed by atoms with E-state index in [0.29, 0.717) is 71.4 Å². The van der Waals surface area contributed by atoms with E-state index in [1.54, 1.807) is 6.07 Å². The maximum absolute atomic E-state index is 15.3. The summed E-state index contributed by atoms with van der Waals surface area (Å²) < 4.78 is 15.6. The van der Waals surface area contributed by atoms with Gasteiger partial charge in [0.05, 0.1) is 23.9 Å². The van der Waals surface area contributed by atoms with Gasteiger partial charge in [0.25, 0.3) is 0 Å². The molecular formula is C55H40N2O8S4. The van der Waals surface area contributed by atoms with E-state index >= 15 is 9.59 Å². The molecule has 0 amide bonds. The van der Waals surface area contributed by atoms with Crippen LogP contribution in [0.5, 0.6) is 0 Å². The molecule has 3 fully saturated rings. The maximum Gasteiger partial charge on any atom is 0.333 e. The van der Waals surface area contributed by atoms with Gasteiger partial charge in [-0.05, 0) is 76.4 Å². The van der Waals surface area contributed by atoms with Crippen molar-refractivity contribution in [2.75, 3.05) is 0 Å². The number of ketones is 3. The van der Waals surface area contributed by atoms with Crippen molar-refractivity contribution in [2.45, 2.75) is 63.3 Å². The second-order valence-electron chi connectivity index (χ2n) is 18.7. The van der Waals surface area contributed by atoms with E-state index < -0.39 is 23.5 Å². The van der Waals surface area contributed by atoms with Gasteiger partial charge in [-0.2, -0.15) is 0 Å². The van der Waals surface area contributed by atoms with Crippen molar-refractivity contribution in [3.8, 4) is 9.75 Å². The molecule has 0 spiro atoms. The predicted octanol–water partition coefficient (Wildman–Crippen LogP) is 12.2. The van der Waals surface area contributed by atoms with Gasteiger partial charge in [-0.15, -0.1) is 45.3 Å². The summed E-state index contributed by atoms with van der Waals surface area (Å²) in [7, 11) is 0. The first-order valence-corrected chi connectivity index (χ1v) is 26.5. The van der Waals surface area contributed by atoms with Crippen molar-refractivity contribution in [1.82, 2.24) is 0 Å². The molecule has 4 aromatic carbocycles. The molecule has 3 saturated carbocycles. The monoisotopic (exact) mass is 984 g/mol. The average molecular weight is 985 g/mol. The smallest absolute Gasteiger partial charge is 0.333 e. The molecule has 14 heteroatoms. The fourth-order valence-corrected chi connectivity index (χ4v) is 17.1. The van der Waals surface area contributed by atoms with Crippen LogP contribution < -0.4 is 0 Å². The van der Waals surface area contributed by atoms with E-state index in [-0.39, 0.29) is 53.8 Å². The molecule has 0 aliphatic heterocycles. The Morgan fingerprint density at radius 3 is 1.87 bits per heavy atom. The number of Topliss-reactive ketones (excluding diaryl/α,β-unsaturated/α-hetero) is 3. The van der Waals surface area contributed by atoms with Crippen LogP contribution in [0.15, 0.2) is 119 Å². The minimum atomic E-state index is -2.10. The number of carbonyl (C=O) groups is 5. The Labute approximate surface area is 411 Å². The summed E-state index contributed by atoms with van der Waals surface area (Å²) in [5.41, 5.74) is 1.14. The van der Waals surface area contributed by atoms with Crippen molar-refractivity contribution < 1.29 is 38.6 Å². The zero-order valence-corrected chi connectivity index (χ0v) is 40.0. The number of carbonyl (C=O) groups excluding carboxylic acids is 5. The molecule has 4 heterocycles. The van der Waals surface area contributed by atoms with Crippen LogP contribution in [0.3, 0.4) is 0 Å². The summed E-state index contributed by atoms with van der Waals surface area (Å²) in [6.45, 7) is -0.210. The Hall–Kier alpha value is -6.29. The van der Waals surface area contributed by atoms with Crippen molar-refractivity contribution in [3.05, 3.63) is 143 Å². The Kier molecular flexibility index (Phi) is 10.2. The lowest BCUT2D eigenvalue weighted by atomic mass is 9.64. The highest BCUT2D eigenvalue weighted by atomic mass is 32.1. The highest BCUT2D eigenvalue weighted by Crippen LogP contribution is 2.63. The number of rotatable bonds is 8. The first-order valence-electron chi connectivity index (χ1n) is 23.2. The first kappa shape index (κ1) is 42.8. The first-order chi connectivity index (χ1) is 33.6. The molecular weight excluding hydrogens is 945 g/mol. The quantitative estimate of drug-likeness (QED) is 0.117. The molecule has 1 N–H and O–H groups in total. The summed E-state index contributed by atoms with van der Waals surface area (Å²) in [6.07, 6.45) is 4.72. The van der Waals surface area contributed by atoms with E-state index in [0.717, 1.165) is 61.7 Å². The third-order valence-electron chi connectivity index (χ3n) is 14.9. The van der Waals surface area contributed by atoms with E-state index in [1.807, 2.05) is 103 Å². The van der Waals surface area contributed by atoms with Crippen LogP contribution in [-0.4, -0.2) is 45.8 Å². The van der Waals surface area contributed by atoms with Crippen LogP contribution in [-0.2, 0) is 47.3 Å². The van der Waals surface area contributed by atoms with Gasteiger partial charge in [-0.3, -0.25) is 24.0 Å². The van der Waals surface area contributed by atoms with E-state index in [9.17, 15) is 19.5 Å². The number of aliphatic hydroxyl groups excluding tert-OH is 1. The van der Waals surface area contributed by atoms with Crippen molar-refractivity contribution >= 4 is 126 Å². The molecule has 13 rings (SSSR count). The van der Waals surface area contributed by atoms with Crippen LogP contribution in [0.4, 0.5) is 10.0 Å². The number of hydrogen-bond acceptors (Lipinski definition) is 14. The normalized spacial score (nSPS) is 22.8. The molecule has 5 aliphatic carbocycles. The molecule has 4 aromatic heterocycles. The van der Waals surface area contributed by atoms with E-state index in [2.05, 4.69) is 0 Å². The van der Waals surface area contributed by atoms with Gasteiger partial charge in [-0.1, -0.05) is 111 Å². The number of esters is 2. The van der Waals surface area contributed by atoms with Gasteiger partial charge in [0.2, 0.25) is 11.2 Å². The van der Waals surface area contributed by atoms with Gasteiger partial charge in [0.1, 0.15) is 35.0 Å². The van der Waals surface area contributed by atoms with Crippen LogP contribution in [0.2, 0.25) is 0 Å². The lowest BCUT2D eigenvalue weighted by Gasteiger charge is -2.39. The highest BCUT2D eigenvalue weighted by molar-refractivity contribution is 7.41. The third kappa shape index (κ3) is 6.66. The zero-order valence-electron chi connectivity index (χ0n) is 36.8. The summed E-state index contributed by atoms with van der Waals surface area (Å²) in [4.78, 5) is 83.5. The minimum absolute atomic E-state index is 0.0449. The number of fused-ring (bicyclic) bond motifs is 11. The molecule has 8 aromatic rings. The Morgan fingerprint density at radius 2 is 1.23 bits per heavy atom. The number of nitrogens with zero attached hydrogens (tertiary/aromatic N) is 2. The number of hydrogen-bond donors (Lipinski definition) is 1. The van der Waals surface area contributed by atoms with Gasteiger partial charge in [0.15, 0.2) is 17.3 Å². The highest BCUT2D eigenvalue weighted by Gasteiger charge is 2.61. The predicted molar refractivity (Wildman–Crippen MR) is 271 cm³/mol. The minimum Gasteiger partial charge on any atom is -0.459 e. The lowest BCUT2D eigenvalue weighted by Crippen LogP contribution is -2.45. The van der Waals surface area contributed by atoms with E-state index in [1.165, 1.54) is 45.3 Å². The van der Waals surface area contributed by atoms with Gasteiger partial charge < -0.3 is 14.6 Å². The molecule has 5 aliphatic rings. The second-order valence-corrected chi connectivity index (χ2v) is 22.9. The Bertz CT molecular complexity index is 3490. The summed E-state index contributed by atoms with van der Waals surface area (Å²) >= 11 is 5.45. The molecule has 69 heavy (non-hydrogen) atoms. The van der Waals surface area contributed by atoms with Crippen LogP contribution in [0.25, 0.3) is 39.3 Å². The van der Waals surface area contributed by atoms with Crippen LogP contribution in [0.1, 0.15) is 82.8 Å². The van der Waals surface area contributed by atoms with E-state index in [4.69, 9.17) is 19.5 Å². The van der Waals surface area contributed by atoms with Gasteiger partial charge >= 0.3 is 11.9 Å². The maximum atomic E-state index is 15.3. The fraction of sp³-hybridized carbons (Fsp3) is 0.255.